The van der Waals surface area contributed by atoms with Gasteiger partial charge in [0.1, 0.15) is 0 Å². The van der Waals surface area contributed by atoms with Gasteiger partial charge in [0.15, 0.2) is 0 Å². The molecule has 0 saturated heterocycles. The Labute approximate surface area is 93.6 Å². The Balaban J connectivity index is 3.99. The third-order valence-corrected chi connectivity index (χ3v) is 2.43. The van der Waals surface area contributed by atoms with Gasteiger partial charge in [0.2, 0.25) is 5.91 Å². The van der Waals surface area contributed by atoms with E-state index in [1.807, 2.05) is 20.8 Å². The zero-order chi connectivity index (χ0) is 11.8. The molecule has 3 nitrogen and oxygen atoms in total. The Bertz CT molecular complexity index is 178. The summed E-state index contributed by atoms with van der Waals surface area (Å²) in [6, 6.07) is 0.228. The number of ether oxygens (including phenoxy) is 1. The number of rotatable bonds is 7. The maximum absolute atomic E-state index is 11.5. The number of amides is 1. The van der Waals surface area contributed by atoms with Crippen molar-refractivity contribution >= 4 is 5.91 Å². The van der Waals surface area contributed by atoms with Gasteiger partial charge in [0, 0.05) is 25.2 Å². The average Bonchev–Trinajstić information content (AvgIpc) is 2.15. The third-order valence-electron chi connectivity index (χ3n) is 2.43. The van der Waals surface area contributed by atoms with Crippen molar-refractivity contribution in [3.8, 4) is 0 Å². The highest BCUT2D eigenvalue weighted by Gasteiger charge is 2.17. The lowest BCUT2D eigenvalue weighted by atomic mass is 10.0. The minimum atomic E-state index is 0.0540. The van der Waals surface area contributed by atoms with Crippen LogP contribution in [0.3, 0.4) is 0 Å². The summed E-state index contributed by atoms with van der Waals surface area (Å²) in [5.74, 6) is 0.636. The SMILES string of the molecule is CCOCC[C@H](NC(=O)C(C)C)C(C)C. The largest absolute Gasteiger partial charge is 0.382 e. The molecular weight excluding hydrogens is 190 g/mol. The fourth-order valence-electron chi connectivity index (χ4n) is 1.28. The van der Waals surface area contributed by atoms with E-state index in [9.17, 15) is 4.79 Å². The Hall–Kier alpha value is -0.570. The van der Waals surface area contributed by atoms with Crippen LogP contribution in [0, 0.1) is 11.8 Å². The molecule has 0 aromatic rings. The zero-order valence-corrected chi connectivity index (χ0v) is 10.7. The van der Waals surface area contributed by atoms with Crippen LogP contribution in [0.1, 0.15) is 41.0 Å². The van der Waals surface area contributed by atoms with E-state index in [4.69, 9.17) is 4.74 Å². The number of carbonyl (C=O) groups excluding carboxylic acids is 1. The van der Waals surface area contributed by atoms with Crippen LogP contribution in [-0.2, 0) is 9.53 Å². The first kappa shape index (κ1) is 14.4. The van der Waals surface area contributed by atoms with Gasteiger partial charge in [0.05, 0.1) is 0 Å². The Morgan fingerprint density at radius 2 is 1.87 bits per heavy atom. The van der Waals surface area contributed by atoms with Gasteiger partial charge in [-0.1, -0.05) is 27.7 Å². The maximum atomic E-state index is 11.5. The van der Waals surface area contributed by atoms with E-state index in [2.05, 4.69) is 19.2 Å². The molecule has 1 amide bonds. The van der Waals surface area contributed by atoms with E-state index in [1.165, 1.54) is 0 Å². The van der Waals surface area contributed by atoms with Crippen molar-refractivity contribution in [3.63, 3.8) is 0 Å². The Morgan fingerprint density at radius 3 is 2.27 bits per heavy atom. The molecule has 0 aliphatic heterocycles. The topological polar surface area (TPSA) is 38.3 Å². The van der Waals surface area contributed by atoms with Crippen molar-refractivity contribution in [1.82, 2.24) is 5.32 Å². The molecule has 15 heavy (non-hydrogen) atoms. The first-order valence-electron chi connectivity index (χ1n) is 5.87. The monoisotopic (exact) mass is 215 g/mol. The highest BCUT2D eigenvalue weighted by Crippen LogP contribution is 2.07. The van der Waals surface area contributed by atoms with E-state index in [0.717, 1.165) is 19.6 Å². The molecular formula is C12H25NO2. The van der Waals surface area contributed by atoms with Gasteiger partial charge in [-0.05, 0) is 19.3 Å². The molecule has 0 heterocycles. The predicted molar refractivity (Wildman–Crippen MR) is 62.7 cm³/mol. The molecule has 0 unspecified atom stereocenters. The summed E-state index contributed by atoms with van der Waals surface area (Å²) in [6.45, 7) is 11.5. The van der Waals surface area contributed by atoms with Crippen LogP contribution in [0.15, 0.2) is 0 Å². The highest BCUT2D eigenvalue weighted by molar-refractivity contribution is 5.78. The quantitative estimate of drug-likeness (QED) is 0.661. The summed E-state index contributed by atoms with van der Waals surface area (Å²) >= 11 is 0. The van der Waals surface area contributed by atoms with Crippen molar-refractivity contribution in [2.75, 3.05) is 13.2 Å². The molecule has 0 aliphatic carbocycles. The van der Waals surface area contributed by atoms with Gasteiger partial charge >= 0.3 is 0 Å². The second-order valence-electron chi connectivity index (χ2n) is 4.50. The molecule has 0 spiro atoms. The van der Waals surface area contributed by atoms with Crippen LogP contribution in [0.25, 0.3) is 0 Å². The van der Waals surface area contributed by atoms with Crippen molar-refractivity contribution in [1.29, 1.82) is 0 Å². The number of hydrogen-bond acceptors (Lipinski definition) is 2. The number of nitrogens with one attached hydrogen (secondary N) is 1. The summed E-state index contributed by atoms with van der Waals surface area (Å²) in [5.41, 5.74) is 0. The Kier molecular flexibility index (Phi) is 7.39. The van der Waals surface area contributed by atoms with Gasteiger partial charge in [-0.25, -0.2) is 0 Å². The third kappa shape index (κ3) is 6.50. The summed E-state index contributed by atoms with van der Waals surface area (Å²) in [5, 5.41) is 3.06. The molecule has 0 rings (SSSR count). The molecule has 0 saturated carbocycles. The molecule has 0 radical (unpaired) electrons. The lowest BCUT2D eigenvalue weighted by molar-refractivity contribution is -0.125. The standard InChI is InChI=1S/C12H25NO2/c1-6-15-8-7-11(9(2)3)13-12(14)10(4)5/h9-11H,6-8H2,1-5H3,(H,13,14)/t11-/m0/s1. The lowest BCUT2D eigenvalue weighted by Gasteiger charge is -2.23. The molecule has 0 bridgehead atoms. The molecule has 0 aliphatic rings. The molecule has 3 heteroatoms. The minimum absolute atomic E-state index is 0.0540. The van der Waals surface area contributed by atoms with E-state index >= 15 is 0 Å². The van der Waals surface area contributed by atoms with Gasteiger partial charge in [-0.2, -0.15) is 0 Å². The second kappa shape index (κ2) is 7.69. The van der Waals surface area contributed by atoms with Crippen LogP contribution >= 0.6 is 0 Å². The zero-order valence-electron chi connectivity index (χ0n) is 10.7. The average molecular weight is 215 g/mol. The van der Waals surface area contributed by atoms with Gasteiger partial charge in [-0.3, -0.25) is 4.79 Å². The van der Waals surface area contributed by atoms with E-state index in [1.54, 1.807) is 0 Å². The first-order valence-corrected chi connectivity index (χ1v) is 5.87. The predicted octanol–water partition coefficient (Wildman–Crippen LogP) is 2.21. The molecule has 0 aromatic carbocycles. The van der Waals surface area contributed by atoms with Crippen molar-refractivity contribution in [3.05, 3.63) is 0 Å². The van der Waals surface area contributed by atoms with Gasteiger partial charge in [0.25, 0.3) is 0 Å². The van der Waals surface area contributed by atoms with Crippen LogP contribution < -0.4 is 5.32 Å². The van der Waals surface area contributed by atoms with Crippen LogP contribution in [0.5, 0.6) is 0 Å². The van der Waals surface area contributed by atoms with Crippen molar-refractivity contribution in [2.24, 2.45) is 11.8 Å². The number of carbonyl (C=O) groups is 1. The lowest BCUT2D eigenvalue weighted by Crippen LogP contribution is -2.41. The molecule has 0 aromatic heterocycles. The highest BCUT2D eigenvalue weighted by atomic mass is 16.5. The van der Waals surface area contributed by atoms with Crippen LogP contribution in [0.2, 0.25) is 0 Å². The maximum Gasteiger partial charge on any atom is 0.222 e. The molecule has 90 valence electrons. The minimum Gasteiger partial charge on any atom is -0.382 e. The summed E-state index contributed by atoms with van der Waals surface area (Å²) in [6.07, 6.45) is 0.893. The smallest absolute Gasteiger partial charge is 0.222 e. The fourth-order valence-corrected chi connectivity index (χ4v) is 1.28. The molecule has 0 fully saturated rings. The number of hydrogen-bond donors (Lipinski definition) is 1. The van der Waals surface area contributed by atoms with E-state index in [-0.39, 0.29) is 17.9 Å². The van der Waals surface area contributed by atoms with Gasteiger partial charge in [-0.15, -0.1) is 0 Å². The summed E-state index contributed by atoms with van der Waals surface area (Å²) < 4.78 is 5.30. The molecule has 1 atom stereocenters. The second-order valence-corrected chi connectivity index (χ2v) is 4.50. The first-order chi connectivity index (χ1) is 6.99. The van der Waals surface area contributed by atoms with E-state index in [0.29, 0.717) is 5.92 Å². The summed E-state index contributed by atoms with van der Waals surface area (Å²) in [7, 11) is 0. The summed E-state index contributed by atoms with van der Waals surface area (Å²) in [4.78, 5) is 11.5. The van der Waals surface area contributed by atoms with Crippen molar-refractivity contribution < 1.29 is 9.53 Å². The molecule has 1 N–H and O–H groups in total. The van der Waals surface area contributed by atoms with Crippen LogP contribution in [0.4, 0.5) is 0 Å². The normalized spacial score (nSPS) is 13.3. The van der Waals surface area contributed by atoms with E-state index < -0.39 is 0 Å². The Morgan fingerprint density at radius 1 is 1.27 bits per heavy atom. The van der Waals surface area contributed by atoms with Gasteiger partial charge < -0.3 is 10.1 Å². The fraction of sp³-hybridized carbons (Fsp3) is 0.917. The van der Waals surface area contributed by atoms with Crippen molar-refractivity contribution in [2.45, 2.75) is 47.1 Å². The van der Waals surface area contributed by atoms with Crippen LogP contribution in [-0.4, -0.2) is 25.2 Å².